The molecule has 0 bridgehead atoms. The molecular formula is C19H15ClN4O3S2. The lowest BCUT2D eigenvalue weighted by Crippen LogP contribution is -2.26. The highest BCUT2D eigenvalue weighted by molar-refractivity contribution is 7.93. The van der Waals surface area contributed by atoms with E-state index >= 15 is 0 Å². The molecule has 0 saturated carbocycles. The molecule has 0 atom stereocenters. The fourth-order valence-electron chi connectivity index (χ4n) is 2.64. The minimum Gasteiger partial charge on any atom is -0.333 e. The van der Waals surface area contributed by atoms with Crippen molar-refractivity contribution in [3.63, 3.8) is 0 Å². The van der Waals surface area contributed by atoms with Crippen molar-refractivity contribution in [1.29, 1.82) is 0 Å². The summed E-state index contributed by atoms with van der Waals surface area (Å²) in [6.07, 6.45) is 1.62. The predicted molar refractivity (Wildman–Crippen MR) is 113 cm³/mol. The fourth-order valence-corrected chi connectivity index (χ4v) is 5.31. The standard InChI is InChI=1S/C19H15ClN4O3S2/c1-12-6-7-13(11-14(12)20)24(2)29(25,26)16-8-10-28-17(16)19-22-18(23-27-19)15-5-3-4-9-21-15/h3-11H,1-2H3. The zero-order chi connectivity index (χ0) is 20.6. The number of halogens is 1. The second kappa shape index (κ2) is 7.58. The maximum atomic E-state index is 13.2. The van der Waals surface area contributed by atoms with E-state index in [1.807, 2.05) is 6.92 Å². The summed E-state index contributed by atoms with van der Waals surface area (Å²) >= 11 is 7.37. The van der Waals surface area contributed by atoms with Crippen molar-refractivity contribution in [2.24, 2.45) is 0 Å². The van der Waals surface area contributed by atoms with Gasteiger partial charge < -0.3 is 4.52 Å². The number of rotatable bonds is 5. The third kappa shape index (κ3) is 3.64. The Morgan fingerprint density at radius 1 is 1.17 bits per heavy atom. The topological polar surface area (TPSA) is 89.2 Å². The Labute approximate surface area is 176 Å². The van der Waals surface area contributed by atoms with Crippen LogP contribution in [0.25, 0.3) is 22.3 Å². The highest BCUT2D eigenvalue weighted by atomic mass is 35.5. The van der Waals surface area contributed by atoms with Crippen LogP contribution in [0.3, 0.4) is 0 Å². The first kappa shape index (κ1) is 19.6. The number of nitrogens with zero attached hydrogens (tertiary/aromatic N) is 4. The molecule has 0 saturated heterocycles. The van der Waals surface area contributed by atoms with E-state index in [1.54, 1.807) is 48.0 Å². The second-order valence-electron chi connectivity index (χ2n) is 6.16. The van der Waals surface area contributed by atoms with Gasteiger partial charge >= 0.3 is 0 Å². The quantitative estimate of drug-likeness (QED) is 0.443. The van der Waals surface area contributed by atoms with E-state index in [0.29, 0.717) is 21.3 Å². The molecule has 10 heteroatoms. The number of sulfonamides is 1. The van der Waals surface area contributed by atoms with E-state index in [4.69, 9.17) is 16.1 Å². The van der Waals surface area contributed by atoms with Gasteiger partial charge in [-0.2, -0.15) is 4.98 Å². The number of aromatic nitrogens is 3. The largest absolute Gasteiger partial charge is 0.333 e. The molecule has 0 spiro atoms. The van der Waals surface area contributed by atoms with Crippen molar-refractivity contribution in [2.75, 3.05) is 11.4 Å². The first-order valence-corrected chi connectivity index (χ1v) is 11.2. The van der Waals surface area contributed by atoms with Crippen molar-refractivity contribution in [1.82, 2.24) is 15.1 Å². The zero-order valence-electron chi connectivity index (χ0n) is 15.4. The summed E-state index contributed by atoms with van der Waals surface area (Å²) in [5.74, 6) is 0.408. The molecule has 0 unspecified atom stereocenters. The summed E-state index contributed by atoms with van der Waals surface area (Å²) in [6.45, 7) is 1.85. The van der Waals surface area contributed by atoms with Crippen molar-refractivity contribution in [3.8, 4) is 22.3 Å². The van der Waals surface area contributed by atoms with Gasteiger partial charge in [-0.1, -0.05) is 28.9 Å². The highest BCUT2D eigenvalue weighted by Crippen LogP contribution is 2.36. The van der Waals surface area contributed by atoms with Crippen molar-refractivity contribution >= 4 is 38.6 Å². The summed E-state index contributed by atoms with van der Waals surface area (Å²) in [5.41, 5.74) is 1.86. The molecule has 0 fully saturated rings. The van der Waals surface area contributed by atoms with Crippen LogP contribution >= 0.6 is 22.9 Å². The van der Waals surface area contributed by atoms with Crippen LogP contribution in [0.15, 0.2) is 63.5 Å². The molecule has 0 aliphatic carbocycles. The van der Waals surface area contributed by atoms with Crippen LogP contribution in [0.2, 0.25) is 5.02 Å². The first-order valence-electron chi connectivity index (χ1n) is 8.46. The monoisotopic (exact) mass is 446 g/mol. The summed E-state index contributed by atoms with van der Waals surface area (Å²) in [7, 11) is -2.39. The lowest BCUT2D eigenvalue weighted by atomic mass is 10.2. The van der Waals surface area contributed by atoms with Gasteiger partial charge in [-0.3, -0.25) is 9.29 Å². The van der Waals surface area contributed by atoms with Crippen LogP contribution in [0, 0.1) is 6.92 Å². The van der Waals surface area contributed by atoms with Gasteiger partial charge in [-0.25, -0.2) is 8.42 Å². The number of thiophene rings is 1. The molecule has 0 aliphatic heterocycles. The van der Waals surface area contributed by atoms with Gasteiger partial charge in [-0.15, -0.1) is 11.3 Å². The van der Waals surface area contributed by atoms with Crippen LogP contribution in [-0.4, -0.2) is 30.6 Å². The third-order valence-corrected chi connectivity index (χ3v) is 7.57. The molecular weight excluding hydrogens is 432 g/mol. The molecule has 4 rings (SSSR count). The highest BCUT2D eigenvalue weighted by Gasteiger charge is 2.29. The van der Waals surface area contributed by atoms with Gasteiger partial charge in [0.2, 0.25) is 5.82 Å². The van der Waals surface area contributed by atoms with E-state index in [9.17, 15) is 8.42 Å². The first-order chi connectivity index (χ1) is 13.9. The molecule has 4 aromatic rings. The summed E-state index contributed by atoms with van der Waals surface area (Å²) < 4.78 is 33.0. The van der Waals surface area contributed by atoms with Gasteiger partial charge in [0, 0.05) is 18.3 Å². The predicted octanol–water partition coefficient (Wildman–Crippen LogP) is 4.65. The average molecular weight is 447 g/mol. The van der Waals surface area contributed by atoms with Crippen molar-refractivity contribution < 1.29 is 12.9 Å². The molecule has 29 heavy (non-hydrogen) atoms. The zero-order valence-corrected chi connectivity index (χ0v) is 17.8. The Morgan fingerprint density at radius 2 is 2.00 bits per heavy atom. The Bertz CT molecular complexity index is 1270. The number of pyridine rings is 1. The van der Waals surface area contributed by atoms with Gasteiger partial charge in [0.15, 0.2) is 0 Å². The molecule has 0 radical (unpaired) electrons. The molecule has 0 N–H and O–H groups in total. The molecule has 0 amide bonds. The van der Waals surface area contributed by atoms with Gasteiger partial charge in [0.05, 0.1) is 5.69 Å². The normalized spacial score (nSPS) is 11.6. The summed E-state index contributed by atoms with van der Waals surface area (Å²) in [6, 6.07) is 11.9. The fraction of sp³-hybridized carbons (Fsp3) is 0.105. The van der Waals surface area contributed by atoms with Crippen molar-refractivity contribution in [3.05, 3.63) is 64.6 Å². The van der Waals surface area contributed by atoms with Crippen LogP contribution in [-0.2, 0) is 10.0 Å². The van der Waals surface area contributed by atoms with Gasteiger partial charge in [0.25, 0.3) is 15.9 Å². The third-order valence-electron chi connectivity index (χ3n) is 4.30. The number of hydrogen-bond acceptors (Lipinski definition) is 7. The summed E-state index contributed by atoms with van der Waals surface area (Å²) in [5, 5.41) is 6.08. The smallest absolute Gasteiger partial charge is 0.269 e. The SMILES string of the molecule is Cc1ccc(N(C)S(=O)(=O)c2ccsc2-c2nc(-c3ccccn3)no2)cc1Cl. The number of anilines is 1. The van der Waals surface area contributed by atoms with Crippen LogP contribution < -0.4 is 4.31 Å². The van der Waals surface area contributed by atoms with Crippen molar-refractivity contribution in [2.45, 2.75) is 11.8 Å². The minimum atomic E-state index is -3.87. The van der Waals surface area contributed by atoms with Crippen LogP contribution in [0.1, 0.15) is 5.56 Å². The summed E-state index contributed by atoms with van der Waals surface area (Å²) in [4.78, 5) is 8.95. The maximum Gasteiger partial charge on any atom is 0.269 e. The van der Waals surface area contributed by atoms with E-state index in [0.717, 1.165) is 5.56 Å². The number of hydrogen-bond donors (Lipinski definition) is 0. The van der Waals surface area contributed by atoms with Crippen LogP contribution in [0.4, 0.5) is 5.69 Å². The Balaban J connectivity index is 1.72. The Kier molecular flexibility index (Phi) is 5.12. The van der Waals surface area contributed by atoms with Gasteiger partial charge in [0.1, 0.15) is 15.5 Å². The van der Waals surface area contributed by atoms with E-state index in [2.05, 4.69) is 15.1 Å². The van der Waals surface area contributed by atoms with Crippen LogP contribution in [0.5, 0.6) is 0 Å². The molecule has 1 aromatic carbocycles. The molecule has 3 heterocycles. The minimum absolute atomic E-state index is 0.0814. The Hall–Kier alpha value is -2.75. The van der Waals surface area contributed by atoms with E-state index < -0.39 is 10.0 Å². The number of aryl methyl sites for hydroxylation is 1. The lowest BCUT2D eigenvalue weighted by Gasteiger charge is -2.20. The lowest BCUT2D eigenvalue weighted by molar-refractivity contribution is 0.432. The Morgan fingerprint density at radius 3 is 2.72 bits per heavy atom. The molecule has 7 nitrogen and oxygen atoms in total. The molecule has 0 aliphatic rings. The van der Waals surface area contributed by atoms with E-state index in [-0.39, 0.29) is 16.6 Å². The average Bonchev–Trinajstić information content (AvgIpc) is 3.40. The van der Waals surface area contributed by atoms with E-state index in [1.165, 1.54) is 28.8 Å². The molecule has 148 valence electrons. The maximum absolute atomic E-state index is 13.2. The second-order valence-corrected chi connectivity index (χ2v) is 9.42. The molecule has 3 aromatic heterocycles. The number of benzene rings is 1. The van der Waals surface area contributed by atoms with Gasteiger partial charge in [-0.05, 0) is 48.2 Å².